The predicted octanol–water partition coefficient (Wildman–Crippen LogP) is 21.4. The minimum absolute atomic E-state index is 0.0686. The van der Waals surface area contributed by atoms with Crippen molar-refractivity contribution in [1.29, 1.82) is 0 Å². The first kappa shape index (κ1) is 68.9. The molecule has 1 atom stereocenters. The normalized spacial score (nSPS) is 12.1. The van der Waals surface area contributed by atoms with Crippen molar-refractivity contribution in [1.82, 2.24) is 0 Å². The van der Waals surface area contributed by atoms with Gasteiger partial charge in [0.05, 0.1) is 0 Å². The second-order valence-corrected chi connectivity index (χ2v) is 21.7. The molecule has 0 saturated carbocycles. The molecule has 6 nitrogen and oxygen atoms in total. The van der Waals surface area contributed by atoms with Crippen molar-refractivity contribution >= 4 is 17.9 Å². The lowest BCUT2D eigenvalue weighted by Gasteiger charge is -2.18. The summed E-state index contributed by atoms with van der Waals surface area (Å²) in [5.74, 6) is -0.850. The second-order valence-electron chi connectivity index (χ2n) is 21.7. The van der Waals surface area contributed by atoms with Crippen molar-refractivity contribution in [3.63, 3.8) is 0 Å². The quantitative estimate of drug-likeness (QED) is 0.0261. The third-order valence-electron chi connectivity index (χ3n) is 14.5. The highest BCUT2D eigenvalue weighted by Crippen LogP contribution is 2.18. The number of esters is 3. The Morgan fingerprint density at radius 1 is 0.282 bits per heavy atom. The van der Waals surface area contributed by atoms with Gasteiger partial charge in [-0.25, -0.2) is 0 Å². The maximum atomic E-state index is 12.9. The number of carbonyl (C=O) groups excluding carboxylic acids is 3. The largest absolute Gasteiger partial charge is 0.462 e. The average molecular weight is 1000 g/mol. The number of ether oxygens (including phenoxy) is 3. The van der Waals surface area contributed by atoms with E-state index >= 15 is 0 Å². The van der Waals surface area contributed by atoms with Gasteiger partial charge in [0, 0.05) is 19.3 Å². The fourth-order valence-electron chi connectivity index (χ4n) is 9.65. The standard InChI is InChI=1S/C65H122O6/c1-4-7-10-13-16-19-22-25-27-29-30-31-32-33-34-36-37-40-43-46-49-52-55-58-64(67)70-61-62(60-69-63(66)57-54-51-48-45-42-39-24-21-18-15-12-9-6-3)71-65(68)59-56-53-50-47-44-41-38-35-28-26-23-20-17-14-11-8-5-2/h17,20,26,28,62H,4-16,18-19,21-25,27,29-61H2,1-3H3/b20-17-,28-26-. The number of hydrogen-bond acceptors (Lipinski definition) is 6. The Balaban J connectivity index is 4.25. The van der Waals surface area contributed by atoms with Gasteiger partial charge in [-0.15, -0.1) is 0 Å². The second kappa shape index (κ2) is 60.4. The molecule has 0 aliphatic rings. The highest BCUT2D eigenvalue weighted by atomic mass is 16.6. The Kier molecular flexibility index (Phi) is 58.6. The first-order chi connectivity index (χ1) is 35.0. The summed E-state index contributed by atoms with van der Waals surface area (Å²) in [5.41, 5.74) is 0. The molecule has 0 aromatic heterocycles. The van der Waals surface area contributed by atoms with Crippen molar-refractivity contribution in [2.45, 2.75) is 361 Å². The molecule has 0 saturated heterocycles. The van der Waals surface area contributed by atoms with Crippen molar-refractivity contribution < 1.29 is 28.6 Å². The molecular formula is C65H122O6. The van der Waals surface area contributed by atoms with Gasteiger partial charge in [-0.05, 0) is 51.4 Å². The van der Waals surface area contributed by atoms with Crippen LogP contribution < -0.4 is 0 Å². The van der Waals surface area contributed by atoms with Crippen LogP contribution >= 0.6 is 0 Å². The topological polar surface area (TPSA) is 78.9 Å². The molecule has 0 aliphatic carbocycles. The van der Waals surface area contributed by atoms with Crippen LogP contribution in [0.4, 0.5) is 0 Å². The molecule has 0 heterocycles. The summed E-state index contributed by atoms with van der Waals surface area (Å²) >= 11 is 0. The van der Waals surface area contributed by atoms with Crippen LogP contribution in [0, 0.1) is 0 Å². The molecule has 0 aliphatic heterocycles. The van der Waals surface area contributed by atoms with E-state index < -0.39 is 6.10 Å². The average Bonchev–Trinajstić information content (AvgIpc) is 3.37. The van der Waals surface area contributed by atoms with Gasteiger partial charge in [0.15, 0.2) is 6.10 Å². The van der Waals surface area contributed by atoms with Crippen molar-refractivity contribution in [2.75, 3.05) is 13.2 Å². The van der Waals surface area contributed by atoms with Crippen LogP contribution in [0.3, 0.4) is 0 Å². The molecule has 0 radical (unpaired) electrons. The molecule has 6 heteroatoms. The zero-order valence-electron chi connectivity index (χ0n) is 48.0. The minimum atomic E-state index is -0.771. The lowest BCUT2D eigenvalue weighted by molar-refractivity contribution is -0.167. The van der Waals surface area contributed by atoms with Gasteiger partial charge in [0.1, 0.15) is 13.2 Å². The number of carbonyl (C=O) groups is 3. The van der Waals surface area contributed by atoms with E-state index in [0.717, 1.165) is 70.6 Å². The van der Waals surface area contributed by atoms with Gasteiger partial charge in [-0.3, -0.25) is 14.4 Å². The zero-order chi connectivity index (χ0) is 51.4. The summed E-state index contributed by atoms with van der Waals surface area (Å²) in [4.78, 5) is 38.3. The lowest BCUT2D eigenvalue weighted by Crippen LogP contribution is -2.30. The lowest BCUT2D eigenvalue weighted by atomic mass is 10.0. The van der Waals surface area contributed by atoms with E-state index in [1.54, 1.807) is 0 Å². The number of allylic oxidation sites excluding steroid dienone is 4. The van der Waals surface area contributed by atoms with Crippen LogP contribution in [-0.2, 0) is 28.6 Å². The Morgan fingerprint density at radius 3 is 0.803 bits per heavy atom. The van der Waals surface area contributed by atoms with Crippen LogP contribution in [0.25, 0.3) is 0 Å². The fourth-order valence-corrected chi connectivity index (χ4v) is 9.65. The molecule has 0 spiro atoms. The van der Waals surface area contributed by atoms with Crippen LogP contribution in [0.2, 0.25) is 0 Å². The molecule has 71 heavy (non-hydrogen) atoms. The van der Waals surface area contributed by atoms with Gasteiger partial charge >= 0.3 is 17.9 Å². The molecule has 0 N–H and O–H groups in total. The third kappa shape index (κ3) is 58.7. The summed E-state index contributed by atoms with van der Waals surface area (Å²) in [6.45, 7) is 6.67. The Hall–Kier alpha value is -2.11. The van der Waals surface area contributed by atoms with E-state index in [1.165, 1.54) is 244 Å². The number of rotatable bonds is 59. The zero-order valence-corrected chi connectivity index (χ0v) is 48.0. The summed E-state index contributed by atoms with van der Waals surface area (Å²) in [6, 6.07) is 0. The summed E-state index contributed by atoms with van der Waals surface area (Å²) < 4.78 is 16.9. The Bertz CT molecular complexity index is 1150. The molecule has 0 aromatic carbocycles. The maximum Gasteiger partial charge on any atom is 0.306 e. The molecule has 0 amide bonds. The summed E-state index contributed by atoms with van der Waals surface area (Å²) in [5, 5.41) is 0. The molecule has 418 valence electrons. The van der Waals surface area contributed by atoms with E-state index in [-0.39, 0.29) is 31.1 Å². The number of unbranched alkanes of at least 4 members (excludes halogenated alkanes) is 44. The van der Waals surface area contributed by atoms with Crippen molar-refractivity contribution in [3.05, 3.63) is 24.3 Å². The fraction of sp³-hybridized carbons (Fsp3) is 0.892. The molecular weight excluding hydrogens is 877 g/mol. The smallest absolute Gasteiger partial charge is 0.306 e. The first-order valence-corrected chi connectivity index (χ1v) is 31.8. The van der Waals surface area contributed by atoms with Crippen molar-refractivity contribution in [3.8, 4) is 0 Å². The van der Waals surface area contributed by atoms with E-state index in [2.05, 4.69) is 45.1 Å². The maximum absolute atomic E-state index is 12.9. The van der Waals surface area contributed by atoms with E-state index in [0.29, 0.717) is 19.3 Å². The predicted molar refractivity (Wildman–Crippen MR) is 307 cm³/mol. The van der Waals surface area contributed by atoms with Crippen LogP contribution in [0.1, 0.15) is 355 Å². The molecule has 0 aromatic rings. The molecule has 0 rings (SSSR count). The van der Waals surface area contributed by atoms with Crippen molar-refractivity contribution in [2.24, 2.45) is 0 Å². The van der Waals surface area contributed by atoms with Crippen LogP contribution in [0.5, 0.6) is 0 Å². The number of hydrogen-bond donors (Lipinski definition) is 0. The summed E-state index contributed by atoms with van der Waals surface area (Å²) in [7, 11) is 0. The van der Waals surface area contributed by atoms with Gasteiger partial charge < -0.3 is 14.2 Å². The minimum Gasteiger partial charge on any atom is -0.462 e. The monoisotopic (exact) mass is 999 g/mol. The Labute approximate surface area is 443 Å². The molecule has 1 unspecified atom stereocenters. The summed E-state index contributed by atoms with van der Waals surface area (Å²) in [6.07, 6.45) is 71.8. The van der Waals surface area contributed by atoms with E-state index in [4.69, 9.17) is 14.2 Å². The van der Waals surface area contributed by atoms with Gasteiger partial charge in [0.25, 0.3) is 0 Å². The highest BCUT2D eigenvalue weighted by molar-refractivity contribution is 5.71. The highest BCUT2D eigenvalue weighted by Gasteiger charge is 2.19. The van der Waals surface area contributed by atoms with E-state index in [1.807, 2.05) is 0 Å². The van der Waals surface area contributed by atoms with Crippen LogP contribution in [0.15, 0.2) is 24.3 Å². The molecule has 0 bridgehead atoms. The molecule has 0 fully saturated rings. The SMILES string of the molecule is CCCCC/C=C\C/C=C\CCCCCCCCCC(=O)OC(COC(=O)CCCCCCCCCCCCCCC)COC(=O)CCCCCCCCCCCCCCCCCCCCCCCCC. The third-order valence-corrected chi connectivity index (χ3v) is 14.5. The van der Waals surface area contributed by atoms with Crippen LogP contribution in [-0.4, -0.2) is 37.2 Å². The first-order valence-electron chi connectivity index (χ1n) is 31.8. The Morgan fingerprint density at radius 2 is 0.507 bits per heavy atom. The van der Waals surface area contributed by atoms with Gasteiger partial charge in [-0.1, -0.05) is 308 Å². The van der Waals surface area contributed by atoms with Gasteiger partial charge in [-0.2, -0.15) is 0 Å². The van der Waals surface area contributed by atoms with E-state index in [9.17, 15) is 14.4 Å². The van der Waals surface area contributed by atoms with Gasteiger partial charge in [0.2, 0.25) is 0 Å².